The summed E-state index contributed by atoms with van der Waals surface area (Å²) < 4.78 is 4.95. The summed E-state index contributed by atoms with van der Waals surface area (Å²) in [5.41, 5.74) is 1.92. The van der Waals surface area contributed by atoms with Gasteiger partial charge in [-0.05, 0) is 31.2 Å². The molecule has 3 rings (SSSR count). The molecule has 29 heavy (non-hydrogen) atoms. The Balaban J connectivity index is 1.49. The molecule has 1 fully saturated rings. The first kappa shape index (κ1) is 21.0. The SMILES string of the molecule is CCOC(=O)CCN(CC1CC1)C(=O)CCC(=O)N1CCC(c2ccccc2)=N1. The maximum atomic E-state index is 12.6. The Kier molecular flexibility index (Phi) is 7.38. The van der Waals surface area contributed by atoms with Gasteiger partial charge in [-0.2, -0.15) is 5.10 Å². The molecule has 1 aromatic carbocycles. The first-order valence-corrected chi connectivity index (χ1v) is 10.4. The molecule has 0 N–H and O–H groups in total. The fourth-order valence-electron chi connectivity index (χ4n) is 3.36. The van der Waals surface area contributed by atoms with Crippen molar-refractivity contribution < 1.29 is 19.1 Å². The van der Waals surface area contributed by atoms with Crippen molar-refractivity contribution in [1.29, 1.82) is 0 Å². The maximum Gasteiger partial charge on any atom is 0.307 e. The van der Waals surface area contributed by atoms with E-state index in [4.69, 9.17) is 4.74 Å². The smallest absolute Gasteiger partial charge is 0.307 e. The molecule has 0 bridgehead atoms. The van der Waals surface area contributed by atoms with Crippen LogP contribution in [0.5, 0.6) is 0 Å². The zero-order valence-corrected chi connectivity index (χ0v) is 17.0. The Morgan fingerprint density at radius 2 is 1.90 bits per heavy atom. The number of nitrogens with zero attached hydrogens (tertiary/aromatic N) is 3. The minimum atomic E-state index is -0.294. The van der Waals surface area contributed by atoms with Crippen molar-refractivity contribution in [2.75, 3.05) is 26.2 Å². The number of carbonyl (C=O) groups excluding carboxylic acids is 3. The third kappa shape index (κ3) is 6.41. The molecular formula is C22H29N3O4. The number of rotatable bonds is 10. The number of benzene rings is 1. The van der Waals surface area contributed by atoms with Crippen LogP contribution in [0.15, 0.2) is 35.4 Å². The quantitative estimate of drug-likeness (QED) is 0.567. The molecular weight excluding hydrogens is 370 g/mol. The molecule has 1 saturated carbocycles. The standard InChI is InChI=1S/C22H29N3O4/c1-2-29-22(28)13-14-24(16-17-8-9-17)20(26)10-11-21(27)25-15-12-19(23-25)18-6-4-3-5-7-18/h3-7,17H,2,8-16H2,1H3. The summed E-state index contributed by atoms with van der Waals surface area (Å²) in [4.78, 5) is 38.5. The molecule has 7 nitrogen and oxygen atoms in total. The Morgan fingerprint density at radius 1 is 1.14 bits per heavy atom. The van der Waals surface area contributed by atoms with Crippen molar-refractivity contribution in [1.82, 2.24) is 9.91 Å². The second-order valence-electron chi connectivity index (χ2n) is 7.52. The largest absolute Gasteiger partial charge is 0.466 e. The van der Waals surface area contributed by atoms with Crippen molar-refractivity contribution in [2.45, 2.75) is 45.4 Å². The summed E-state index contributed by atoms with van der Waals surface area (Å²) in [6.07, 6.45) is 3.42. The minimum Gasteiger partial charge on any atom is -0.466 e. The van der Waals surface area contributed by atoms with Crippen LogP contribution in [0.2, 0.25) is 0 Å². The lowest BCUT2D eigenvalue weighted by atomic mass is 10.1. The fraction of sp³-hybridized carbons (Fsp3) is 0.545. The minimum absolute atomic E-state index is 0.0824. The number of carbonyl (C=O) groups is 3. The second kappa shape index (κ2) is 10.2. The molecule has 156 valence electrons. The van der Waals surface area contributed by atoms with E-state index in [1.54, 1.807) is 11.8 Å². The molecule has 1 heterocycles. The van der Waals surface area contributed by atoms with Gasteiger partial charge in [-0.15, -0.1) is 0 Å². The summed E-state index contributed by atoms with van der Waals surface area (Å²) in [6.45, 7) is 3.66. The predicted octanol–water partition coefficient (Wildman–Crippen LogP) is 2.60. The lowest BCUT2D eigenvalue weighted by Crippen LogP contribution is -2.36. The van der Waals surface area contributed by atoms with Crippen LogP contribution in [0, 0.1) is 5.92 Å². The molecule has 2 aliphatic rings. The van der Waals surface area contributed by atoms with Crippen LogP contribution in [0.3, 0.4) is 0 Å². The highest BCUT2D eigenvalue weighted by molar-refractivity contribution is 6.02. The van der Waals surface area contributed by atoms with E-state index in [1.807, 2.05) is 30.3 Å². The first-order valence-electron chi connectivity index (χ1n) is 10.4. The van der Waals surface area contributed by atoms with Crippen LogP contribution < -0.4 is 0 Å². The van der Waals surface area contributed by atoms with Gasteiger partial charge < -0.3 is 9.64 Å². The van der Waals surface area contributed by atoms with Crippen molar-refractivity contribution in [3.05, 3.63) is 35.9 Å². The molecule has 0 atom stereocenters. The van der Waals surface area contributed by atoms with Gasteiger partial charge in [0.1, 0.15) is 0 Å². The van der Waals surface area contributed by atoms with E-state index in [9.17, 15) is 14.4 Å². The van der Waals surface area contributed by atoms with Crippen molar-refractivity contribution >= 4 is 23.5 Å². The Hall–Kier alpha value is -2.70. The predicted molar refractivity (Wildman–Crippen MR) is 109 cm³/mol. The topological polar surface area (TPSA) is 79.3 Å². The summed E-state index contributed by atoms with van der Waals surface area (Å²) in [5.74, 6) is 0.00697. The van der Waals surface area contributed by atoms with E-state index in [1.165, 1.54) is 5.01 Å². The zero-order chi connectivity index (χ0) is 20.6. The zero-order valence-electron chi connectivity index (χ0n) is 17.0. The van der Waals surface area contributed by atoms with Gasteiger partial charge in [0.25, 0.3) is 0 Å². The first-order chi connectivity index (χ1) is 14.1. The van der Waals surface area contributed by atoms with Crippen LogP contribution >= 0.6 is 0 Å². The van der Waals surface area contributed by atoms with E-state index < -0.39 is 0 Å². The van der Waals surface area contributed by atoms with E-state index in [-0.39, 0.29) is 37.0 Å². The molecule has 7 heteroatoms. The van der Waals surface area contributed by atoms with Gasteiger partial charge in [0.05, 0.1) is 25.3 Å². The van der Waals surface area contributed by atoms with Crippen molar-refractivity contribution in [2.24, 2.45) is 11.0 Å². The van der Waals surface area contributed by atoms with E-state index >= 15 is 0 Å². The molecule has 0 radical (unpaired) electrons. The average Bonchev–Trinajstić information content (AvgIpc) is 3.41. The van der Waals surface area contributed by atoms with Crippen LogP contribution in [0.4, 0.5) is 0 Å². The number of hydrazone groups is 1. The molecule has 0 unspecified atom stereocenters. The third-order valence-electron chi connectivity index (χ3n) is 5.17. The van der Waals surface area contributed by atoms with Gasteiger partial charge in [-0.25, -0.2) is 5.01 Å². The van der Waals surface area contributed by atoms with Gasteiger partial charge in [0.15, 0.2) is 0 Å². The molecule has 1 aliphatic carbocycles. The highest BCUT2D eigenvalue weighted by Gasteiger charge is 2.28. The lowest BCUT2D eigenvalue weighted by molar-refractivity contribution is -0.144. The number of hydrogen-bond acceptors (Lipinski definition) is 5. The van der Waals surface area contributed by atoms with Gasteiger partial charge in [-0.3, -0.25) is 14.4 Å². The number of esters is 1. The van der Waals surface area contributed by atoms with E-state index in [0.717, 1.165) is 30.5 Å². The van der Waals surface area contributed by atoms with Crippen LogP contribution in [-0.4, -0.2) is 59.6 Å². The monoisotopic (exact) mass is 399 g/mol. The van der Waals surface area contributed by atoms with Gasteiger partial charge in [0.2, 0.25) is 11.8 Å². The van der Waals surface area contributed by atoms with Gasteiger partial charge in [0, 0.05) is 32.4 Å². The summed E-state index contributed by atoms with van der Waals surface area (Å²) in [6, 6.07) is 9.81. The number of amides is 2. The van der Waals surface area contributed by atoms with Crippen molar-refractivity contribution in [3.63, 3.8) is 0 Å². The summed E-state index contributed by atoms with van der Waals surface area (Å²) in [5, 5.41) is 5.91. The Bertz CT molecular complexity index is 759. The number of ether oxygens (including phenoxy) is 1. The normalized spacial score (nSPS) is 15.8. The lowest BCUT2D eigenvalue weighted by Gasteiger charge is -2.22. The Morgan fingerprint density at radius 3 is 2.59 bits per heavy atom. The van der Waals surface area contributed by atoms with Crippen LogP contribution in [0.1, 0.15) is 51.0 Å². The van der Waals surface area contributed by atoms with Gasteiger partial charge in [-0.1, -0.05) is 30.3 Å². The highest BCUT2D eigenvalue weighted by atomic mass is 16.5. The summed E-state index contributed by atoms with van der Waals surface area (Å²) >= 11 is 0. The molecule has 1 aliphatic heterocycles. The maximum absolute atomic E-state index is 12.6. The molecule has 0 spiro atoms. The highest BCUT2D eigenvalue weighted by Crippen LogP contribution is 2.30. The molecule has 0 aromatic heterocycles. The summed E-state index contributed by atoms with van der Waals surface area (Å²) in [7, 11) is 0. The average molecular weight is 399 g/mol. The molecule has 2 amide bonds. The van der Waals surface area contributed by atoms with Crippen molar-refractivity contribution in [3.8, 4) is 0 Å². The second-order valence-corrected chi connectivity index (χ2v) is 7.52. The Labute approximate surface area is 171 Å². The number of hydrogen-bond donors (Lipinski definition) is 0. The van der Waals surface area contributed by atoms with Gasteiger partial charge >= 0.3 is 5.97 Å². The van der Waals surface area contributed by atoms with Crippen LogP contribution in [-0.2, 0) is 19.1 Å². The van der Waals surface area contributed by atoms with E-state index in [0.29, 0.717) is 32.2 Å². The van der Waals surface area contributed by atoms with E-state index in [2.05, 4.69) is 5.10 Å². The molecule has 1 aromatic rings. The van der Waals surface area contributed by atoms with Crippen LogP contribution in [0.25, 0.3) is 0 Å². The third-order valence-corrected chi connectivity index (χ3v) is 5.17. The molecule has 0 saturated heterocycles. The fourth-order valence-corrected chi connectivity index (χ4v) is 3.36.